The molecule has 4 heteroatoms. The summed E-state index contributed by atoms with van der Waals surface area (Å²) in [6, 6.07) is 31.2. The number of hydrogen-bond donors (Lipinski definition) is 1. The molecule has 1 nitrogen and oxygen atoms in total. The van der Waals surface area contributed by atoms with Gasteiger partial charge in [0.1, 0.15) is 5.60 Å². The number of benzene rings is 4. The van der Waals surface area contributed by atoms with Crippen molar-refractivity contribution in [1.29, 1.82) is 0 Å². The van der Waals surface area contributed by atoms with Gasteiger partial charge in [0.2, 0.25) is 0 Å². The molecule has 0 fully saturated rings. The highest BCUT2D eigenvalue weighted by Gasteiger charge is 2.45. The quantitative estimate of drug-likeness (QED) is 0.233. The van der Waals surface area contributed by atoms with Crippen LogP contribution in [-0.4, -0.2) is 5.11 Å². The third kappa shape index (κ3) is 3.88. The Hall–Kier alpha value is -1.60. The van der Waals surface area contributed by atoms with E-state index in [2.05, 4.69) is 105 Å². The second kappa shape index (κ2) is 8.74. The highest BCUT2D eigenvalue weighted by molar-refractivity contribution is 14.1. The Morgan fingerprint density at radius 2 is 1.68 bits per heavy atom. The van der Waals surface area contributed by atoms with Crippen molar-refractivity contribution < 1.29 is 5.11 Å². The Kier molecular flexibility index (Phi) is 5.99. The van der Waals surface area contributed by atoms with Gasteiger partial charge in [-0.2, -0.15) is 0 Å². The minimum Gasteiger partial charge on any atom is -0.380 e. The summed E-state index contributed by atoms with van der Waals surface area (Å²) >= 11 is 7.72. The van der Waals surface area contributed by atoms with Crippen LogP contribution in [0.25, 0.3) is 10.8 Å². The molecule has 1 aliphatic rings. The smallest absolute Gasteiger partial charge is 0.123 e. The van der Waals surface area contributed by atoms with Crippen molar-refractivity contribution in [1.82, 2.24) is 0 Å². The lowest BCUT2D eigenvalue weighted by molar-refractivity contribution is 0.0276. The highest BCUT2D eigenvalue weighted by atomic mass is 127. The maximum Gasteiger partial charge on any atom is 0.123 e. The average Bonchev–Trinajstić information content (AvgIpc) is 2.79. The maximum atomic E-state index is 12.5. The van der Waals surface area contributed by atoms with Crippen molar-refractivity contribution in [2.24, 2.45) is 5.92 Å². The second-order valence-electron chi connectivity index (χ2n) is 7.73. The van der Waals surface area contributed by atoms with Crippen molar-refractivity contribution in [2.75, 3.05) is 0 Å². The van der Waals surface area contributed by atoms with E-state index in [1.165, 1.54) is 14.4 Å². The van der Waals surface area contributed by atoms with Crippen LogP contribution in [0.15, 0.2) is 115 Å². The topological polar surface area (TPSA) is 20.2 Å². The van der Waals surface area contributed by atoms with Crippen LogP contribution in [0, 0.1) is 5.92 Å². The van der Waals surface area contributed by atoms with Gasteiger partial charge in [-0.3, -0.25) is 0 Å². The minimum atomic E-state index is -1.11. The lowest BCUT2D eigenvalue weighted by atomic mass is 9.70. The molecule has 2 atom stereocenters. The molecule has 0 heterocycles. The van der Waals surface area contributed by atoms with E-state index < -0.39 is 5.60 Å². The van der Waals surface area contributed by atoms with Crippen molar-refractivity contribution in [2.45, 2.75) is 21.8 Å². The molecule has 4 aromatic carbocycles. The second-order valence-corrected chi connectivity index (χ2v) is 11.0. The van der Waals surface area contributed by atoms with Crippen LogP contribution in [0.1, 0.15) is 17.5 Å². The Bertz CT molecular complexity index is 1290. The van der Waals surface area contributed by atoms with E-state index in [0.717, 1.165) is 31.8 Å². The van der Waals surface area contributed by atoms with Gasteiger partial charge in [-0.05, 0) is 73.2 Å². The van der Waals surface area contributed by atoms with Crippen molar-refractivity contribution in [3.63, 3.8) is 0 Å². The average molecular weight is 599 g/mol. The molecule has 0 aliphatic heterocycles. The summed E-state index contributed by atoms with van der Waals surface area (Å²) < 4.78 is 2.18. The minimum absolute atomic E-state index is 0.0404. The van der Waals surface area contributed by atoms with Crippen molar-refractivity contribution in [3.8, 4) is 0 Å². The number of aliphatic hydroxyl groups is 1. The van der Waals surface area contributed by atoms with E-state index >= 15 is 0 Å². The molecule has 154 valence electrons. The van der Waals surface area contributed by atoms with Gasteiger partial charge in [0, 0.05) is 25.7 Å². The van der Waals surface area contributed by atoms with Gasteiger partial charge in [-0.25, -0.2) is 0 Å². The number of fused-ring (bicyclic) bond motifs is 1. The van der Waals surface area contributed by atoms with E-state index in [1.54, 1.807) is 11.8 Å². The fraction of sp³-hybridized carbons (Fsp3) is 0.111. The summed E-state index contributed by atoms with van der Waals surface area (Å²) in [5.74, 6) is 0.0404. The van der Waals surface area contributed by atoms with Gasteiger partial charge in [-0.1, -0.05) is 100 Å². The fourth-order valence-electron chi connectivity index (χ4n) is 4.22. The summed E-state index contributed by atoms with van der Waals surface area (Å²) in [6.07, 6.45) is 3.07. The van der Waals surface area contributed by atoms with Crippen LogP contribution in [0.2, 0.25) is 0 Å². The van der Waals surface area contributed by atoms with Crippen LogP contribution in [0.5, 0.6) is 0 Å². The summed E-state index contributed by atoms with van der Waals surface area (Å²) in [5.41, 5.74) is 0.765. The third-order valence-corrected chi connectivity index (χ3v) is 8.74. The van der Waals surface area contributed by atoms with E-state index in [-0.39, 0.29) is 5.92 Å². The predicted molar refractivity (Wildman–Crippen MR) is 142 cm³/mol. The summed E-state index contributed by atoms with van der Waals surface area (Å²) in [6.45, 7) is 0. The first-order valence-corrected chi connectivity index (χ1v) is 12.9. The Morgan fingerprint density at radius 1 is 0.903 bits per heavy atom. The highest BCUT2D eigenvalue weighted by Crippen LogP contribution is 2.53. The number of halogens is 2. The van der Waals surface area contributed by atoms with E-state index in [9.17, 15) is 5.11 Å². The largest absolute Gasteiger partial charge is 0.380 e. The first-order valence-electron chi connectivity index (χ1n) is 10.2. The van der Waals surface area contributed by atoms with Crippen LogP contribution in [0.3, 0.4) is 0 Å². The number of hydrogen-bond acceptors (Lipinski definition) is 2. The molecule has 0 spiro atoms. The molecule has 0 radical (unpaired) electrons. The molecule has 0 saturated carbocycles. The predicted octanol–water partition coefficient (Wildman–Crippen LogP) is 8.33. The number of rotatable bonds is 5. The van der Waals surface area contributed by atoms with Gasteiger partial charge in [0.15, 0.2) is 0 Å². The first kappa shape index (κ1) is 21.3. The van der Waals surface area contributed by atoms with E-state index in [0.29, 0.717) is 0 Å². The Labute approximate surface area is 208 Å². The molecule has 31 heavy (non-hydrogen) atoms. The van der Waals surface area contributed by atoms with Gasteiger partial charge in [-0.15, -0.1) is 0 Å². The Balaban J connectivity index is 1.78. The molecular weight excluding hydrogens is 579 g/mol. The molecule has 1 N–H and O–H groups in total. The number of allylic oxidation sites excluding steroid dienone is 1. The van der Waals surface area contributed by atoms with Gasteiger partial charge < -0.3 is 5.11 Å². The van der Waals surface area contributed by atoms with Crippen molar-refractivity contribution in [3.05, 3.63) is 116 Å². The molecule has 0 aromatic heterocycles. The lowest BCUT2D eigenvalue weighted by Crippen LogP contribution is -2.39. The molecule has 0 saturated heterocycles. The van der Waals surface area contributed by atoms with Gasteiger partial charge in [0.25, 0.3) is 0 Å². The summed E-state index contributed by atoms with van der Waals surface area (Å²) in [5, 5.41) is 14.9. The molecule has 1 aliphatic carbocycles. The van der Waals surface area contributed by atoms with Crippen LogP contribution < -0.4 is 0 Å². The zero-order valence-corrected chi connectivity index (χ0v) is 21.2. The molecule has 5 rings (SSSR count). The zero-order valence-electron chi connectivity index (χ0n) is 16.6. The van der Waals surface area contributed by atoms with E-state index in [4.69, 9.17) is 0 Å². The van der Waals surface area contributed by atoms with Crippen molar-refractivity contribution >= 4 is 61.1 Å². The first-order chi connectivity index (χ1) is 15.1. The summed E-state index contributed by atoms with van der Waals surface area (Å²) in [7, 11) is 0. The van der Waals surface area contributed by atoms with Gasteiger partial charge >= 0.3 is 0 Å². The summed E-state index contributed by atoms with van der Waals surface area (Å²) in [4.78, 5) is 2.28. The SMILES string of the molecule is O[C@@](c1cccc(Br)c1)(c1ccc2ccccc2c1Sc1ccccc1)[C@@H]1CC=C1I. The standard InChI is InChI=1S/C27H20BrIOS/c28-20-9-6-8-19(17-20)27(30,23-15-16-25(23)29)24-14-13-18-7-4-5-12-22(18)26(24)31-21-10-2-1-3-11-21/h1-14,16-17,23,30H,15H2/t23-,27-/m1/s1. The van der Waals surface area contributed by atoms with E-state index in [1.807, 2.05) is 30.3 Å². The molecule has 4 aromatic rings. The monoisotopic (exact) mass is 598 g/mol. The normalized spacial score (nSPS) is 17.6. The van der Waals surface area contributed by atoms with Crippen LogP contribution in [-0.2, 0) is 5.60 Å². The van der Waals surface area contributed by atoms with Gasteiger partial charge in [0.05, 0.1) is 0 Å². The van der Waals surface area contributed by atoms with Crippen LogP contribution in [0.4, 0.5) is 0 Å². The fourth-order valence-corrected chi connectivity index (χ4v) is 6.74. The third-order valence-electron chi connectivity index (χ3n) is 5.90. The molecular formula is C27H20BrIOS. The van der Waals surface area contributed by atoms with Crippen LogP contribution >= 0.6 is 50.3 Å². The molecule has 0 amide bonds. The maximum absolute atomic E-state index is 12.5. The zero-order chi connectivity index (χ0) is 21.4. The Morgan fingerprint density at radius 3 is 2.39 bits per heavy atom. The molecule has 0 bridgehead atoms. The lowest BCUT2D eigenvalue weighted by Gasteiger charge is -2.42. The molecule has 0 unspecified atom stereocenters.